The van der Waals surface area contributed by atoms with E-state index in [-0.39, 0.29) is 41.9 Å². The van der Waals surface area contributed by atoms with Gasteiger partial charge in [-0.1, -0.05) is 84.9 Å². The molecule has 1 saturated carbocycles. The van der Waals surface area contributed by atoms with Gasteiger partial charge in [-0.2, -0.15) is 0 Å². The van der Waals surface area contributed by atoms with Crippen LogP contribution in [0.25, 0.3) is 11.3 Å². The van der Waals surface area contributed by atoms with E-state index in [1.165, 1.54) is 5.56 Å². The largest absolute Gasteiger partial charge is 0.378 e. The lowest BCUT2D eigenvalue weighted by molar-refractivity contribution is -0.140. The number of benzene rings is 3. The highest BCUT2D eigenvalue weighted by Crippen LogP contribution is 2.37. The summed E-state index contributed by atoms with van der Waals surface area (Å²) in [7, 11) is 0. The number of nitrogens with zero attached hydrogens (tertiary/aromatic N) is 5. The van der Waals surface area contributed by atoms with E-state index in [2.05, 4.69) is 45.2 Å². The Kier molecular flexibility index (Phi) is 14.2. The first kappa shape index (κ1) is 44.9. The Labute approximate surface area is 385 Å². The minimum absolute atomic E-state index is 0.0194. The molecular formula is C50H61N9O7. The zero-order valence-corrected chi connectivity index (χ0v) is 37.4. The minimum Gasteiger partial charge on any atom is -0.378 e. The third-order valence-electron chi connectivity index (χ3n) is 13.9. The summed E-state index contributed by atoms with van der Waals surface area (Å²) in [5, 5.41) is 9.28. The first-order valence-corrected chi connectivity index (χ1v) is 23.7. The number of carbonyl (C=O) groups is 5. The van der Waals surface area contributed by atoms with Gasteiger partial charge in [-0.3, -0.25) is 14.4 Å². The average Bonchev–Trinajstić information content (AvgIpc) is 4.19. The van der Waals surface area contributed by atoms with Crippen molar-refractivity contribution in [3.63, 3.8) is 0 Å². The number of morpholine rings is 2. The molecule has 5 heterocycles. The van der Waals surface area contributed by atoms with Crippen molar-refractivity contribution in [2.24, 2.45) is 0 Å². The minimum atomic E-state index is -0.901. The summed E-state index contributed by atoms with van der Waals surface area (Å²) in [6, 6.07) is 24.1. The van der Waals surface area contributed by atoms with Crippen LogP contribution in [0.5, 0.6) is 0 Å². The summed E-state index contributed by atoms with van der Waals surface area (Å²) in [5.74, 6) is 0.527. The fourth-order valence-electron chi connectivity index (χ4n) is 10.2. The fraction of sp³-hybridized carbons (Fsp3) is 0.480. The number of imidazole rings is 1. The third kappa shape index (κ3) is 10.2. The molecule has 4 aromatic rings. The number of amides is 7. The third-order valence-corrected chi connectivity index (χ3v) is 13.9. The number of H-pyrrole nitrogens is 1. The molecule has 4 saturated heterocycles. The van der Waals surface area contributed by atoms with E-state index in [0.29, 0.717) is 83.6 Å². The Morgan fingerprint density at radius 3 is 1.71 bits per heavy atom. The van der Waals surface area contributed by atoms with Crippen LogP contribution >= 0.6 is 0 Å². The number of likely N-dealkylation sites (tertiary alicyclic amines) is 2. The zero-order valence-electron chi connectivity index (χ0n) is 37.4. The summed E-state index contributed by atoms with van der Waals surface area (Å²) < 4.78 is 10.8. The molecular weight excluding hydrogens is 839 g/mol. The second kappa shape index (κ2) is 20.9. The van der Waals surface area contributed by atoms with E-state index >= 15 is 0 Å². The number of rotatable bonds is 11. The lowest BCUT2D eigenvalue weighted by Crippen LogP contribution is -2.54. The van der Waals surface area contributed by atoms with E-state index in [1.807, 2.05) is 71.8 Å². The van der Waals surface area contributed by atoms with Crippen LogP contribution in [0.1, 0.15) is 97.9 Å². The monoisotopic (exact) mass is 899 g/mol. The van der Waals surface area contributed by atoms with Gasteiger partial charge in [-0.05, 0) is 79.5 Å². The summed E-state index contributed by atoms with van der Waals surface area (Å²) in [5.41, 5.74) is 4.54. The molecule has 9 rings (SSSR count). The van der Waals surface area contributed by atoms with Gasteiger partial charge < -0.3 is 50.0 Å². The van der Waals surface area contributed by atoms with E-state index in [1.54, 1.807) is 14.7 Å². The number of hydrogen-bond acceptors (Lipinski definition) is 8. The fourth-order valence-corrected chi connectivity index (χ4v) is 10.2. The Balaban J connectivity index is 0.787. The summed E-state index contributed by atoms with van der Waals surface area (Å²) in [6.45, 7) is 4.77. The molecule has 5 fully saturated rings. The molecule has 16 heteroatoms. The number of carbonyl (C=O) groups excluding carboxylic acids is 5. The van der Waals surface area contributed by atoms with Crippen molar-refractivity contribution in [3.05, 3.63) is 114 Å². The van der Waals surface area contributed by atoms with Crippen LogP contribution in [0.2, 0.25) is 0 Å². The lowest BCUT2D eigenvalue weighted by Gasteiger charge is -2.33. The molecule has 1 aromatic heterocycles. The maximum Gasteiger partial charge on any atom is 0.318 e. The average molecular weight is 900 g/mol. The van der Waals surface area contributed by atoms with Crippen molar-refractivity contribution in [2.45, 2.75) is 87.5 Å². The molecule has 348 valence electrons. The second-order valence-corrected chi connectivity index (χ2v) is 18.0. The summed E-state index contributed by atoms with van der Waals surface area (Å²) in [4.78, 5) is 84.0. The molecule has 0 unspecified atom stereocenters. The van der Waals surface area contributed by atoms with Crippen LogP contribution in [0, 0.1) is 0 Å². The molecule has 1 aliphatic carbocycles. The van der Waals surface area contributed by atoms with Crippen LogP contribution in [0.3, 0.4) is 0 Å². The molecule has 7 amide bonds. The predicted molar refractivity (Wildman–Crippen MR) is 246 cm³/mol. The number of ether oxygens (including phenoxy) is 2. The second-order valence-electron chi connectivity index (χ2n) is 18.0. The van der Waals surface area contributed by atoms with Gasteiger partial charge in [-0.25, -0.2) is 14.6 Å². The molecule has 4 atom stereocenters. The van der Waals surface area contributed by atoms with Crippen LogP contribution in [-0.4, -0.2) is 137 Å². The van der Waals surface area contributed by atoms with Gasteiger partial charge in [0.2, 0.25) is 11.8 Å². The molecule has 5 aliphatic rings. The standard InChI is InChI=1S/C50H61N9O7/c60-46(42-14-8-24-59(42)48(62)44(38-11-5-2-6-12-38)55-50(64)57-27-31-66-32-28-57)52-39-21-19-35(20-22-39)34-15-17-36(18-16-34)40-33-51-45(53-40)41-13-7-23-58(41)47(61)43(37-9-3-1-4-10-37)54-49(63)56-25-29-65-30-26-56/h1-6,9-12,15-18,33,35,39,41-44H,7-8,13-14,19-32H2,(H,51,53)(H,52,60)(H,54,63)(H,55,64)/t35-,39+,41-,42-,43+,44+/m0/s1. The van der Waals surface area contributed by atoms with Gasteiger partial charge in [0.1, 0.15) is 23.9 Å². The number of hydrogen-bond donors (Lipinski definition) is 4. The van der Waals surface area contributed by atoms with Crippen molar-refractivity contribution in [1.29, 1.82) is 0 Å². The van der Waals surface area contributed by atoms with Crippen molar-refractivity contribution in [1.82, 2.24) is 45.5 Å². The van der Waals surface area contributed by atoms with Gasteiger partial charge in [0.15, 0.2) is 0 Å². The van der Waals surface area contributed by atoms with Gasteiger partial charge in [0.25, 0.3) is 5.91 Å². The molecule has 0 bridgehead atoms. The van der Waals surface area contributed by atoms with Crippen LogP contribution in [0.4, 0.5) is 9.59 Å². The first-order chi connectivity index (χ1) is 32.3. The van der Waals surface area contributed by atoms with E-state index in [4.69, 9.17) is 14.5 Å². The number of nitrogens with one attached hydrogen (secondary N) is 4. The van der Waals surface area contributed by atoms with Crippen LogP contribution in [-0.2, 0) is 23.9 Å². The first-order valence-electron chi connectivity index (χ1n) is 23.7. The maximum absolute atomic E-state index is 14.3. The molecule has 0 spiro atoms. The molecule has 4 N–H and O–H groups in total. The molecule has 16 nitrogen and oxygen atoms in total. The molecule has 4 aliphatic heterocycles. The number of aromatic amines is 1. The van der Waals surface area contributed by atoms with E-state index < -0.39 is 18.1 Å². The van der Waals surface area contributed by atoms with Crippen molar-refractivity contribution in [2.75, 3.05) is 65.7 Å². The highest BCUT2D eigenvalue weighted by atomic mass is 16.5. The van der Waals surface area contributed by atoms with Gasteiger partial charge >= 0.3 is 12.1 Å². The van der Waals surface area contributed by atoms with Crippen LogP contribution < -0.4 is 16.0 Å². The van der Waals surface area contributed by atoms with E-state index in [0.717, 1.165) is 67.6 Å². The topological polar surface area (TPSA) is 182 Å². The van der Waals surface area contributed by atoms with Crippen molar-refractivity contribution < 1.29 is 33.4 Å². The smallest absolute Gasteiger partial charge is 0.318 e. The SMILES string of the molecule is O=C(N[C@H]1CC[C@@H](c2ccc(-c3cnc([C@@H]4CCCN4C(=O)[C@H](NC(=O)N4CCOCC4)c4ccccc4)[nH]3)cc2)CC1)[C@@H]1CCCN1C(=O)[C@H](NC(=O)N1CCOCC1)c1ccccc1. The Morgan fingerprint density at radius 2 is 1.14 bits per heavy atom. The van der Waals surface area contributed by atoms with Gasteiger partial charge in [-0.15, -0.1) is 0 Å². The van der Waals surface area contributed by atoms with Crippen molar-refractivity contribution >= 4 is 29.8 Å². The highest BCUT2D eigenvalue weighted by molar-refractivity contribution is 5.93. The summed E-state index contributed by atoms with van der Waals surface area (Å²) in [6.07, 6.45) is 8.25. The maximum atomic E-state index is 14.3. The Bertz CT molecular complexity index is 2290. The Morgan fingerprint density at radius 1 is 0.606 bits per heavy atom. The predicted octanol–water partition coefficient (Wildman–Crippen LogP) is 5.44. The van der Waals surface area contributed by atoms with Gasteiger partial charge in [0, 0.05) is 45.3 Å². The van der Waals surface area contributed by atoms with Crippen LogP contribution in [0.15, 0.2) is 91.1 Å². The normalized spacial score (nSPS) is 23.2. The van der Waals surface area contributed by atoms with Gasteiger partial charge in [0.05, 0.1) is 44.4 Å². The Hall–Kier alpha value is -6.26. The number of urea groups is 2. The summed E-state index contributed by atoms with van der Waals surface area (Å²) >= 11 is 0. The number of aromatic nitrogens is 2. The lowest BCUT2D eigenvalue weighted by atomic mass is 9.81. The van der Waals surface area contributed by atoms with Crippen molar-refractivity contribution in [3.8, 4) is 11.3 Å². The molecule has 3 aromatic carbocycles. The molecule has 0 radical (unpaired) electrons. The quantitative estimate of drug-likeness (QED) is 0.154. The zero-order chi connectivity index (χ0) is 45.4. The highest BCUT2D eigenvalue weighted by Gasteiger charge is 2.41. The van der Waals surface area contributed by atoms with E-state index in [9.17, 15) is 24.0 Å². The molecule has 66 heavy (non-hydrogen) atoms.